The Morgan fingerprint density at radius 3 is 2.59 bits per heavy atom. The van der Waals surface area contributed by atoms with E-state index in [9.17, 15) is 9.59 Å². The van der Waals surface area contributed by atoms with Gasteiger partial charge in [0.1, 0.15) is 0 Å². The van der Waals surface area contributed by atoms with Crippen LogP contribution in [0.5, 0.6) is 0 Å². The highest BCUT2D eigenvalue weighted by atomic mass is 32.1. The highest BCUT2D eigenvalue weighted by Crippen LogP contribution is 2.26. The quantitative estimate of drug-likeness (QED) is 0.817. The molecule has 0 bridgehead atoms. The third-order valence-electron chi connectivity index (χ3n) is 5.94. The molecule has 3 amide bonds. The molecule has 4 rings (SSSR count). The minimum absolute atomic E-state index is 0.0842. The maximum atomic E-state index is 12.9. The van der Waals surface area contributed by atoms with E-state index in [0.29, 0.717) is 24.1 Å². The molecule has 6 nitrogen and oxygen atoms in total. The normalized spacial score (nSPS) is 20.5. The minimum atomic E-state index is -0.163. The number of nitrogens with zero attached hydrogens (tertiary/aromatic N) is 3. The Kier molecular flexibility index (Phi) is 6.13. The van der Waals surface area contributed by atoms with Gasteiger partial charge in [-0.1, -0.05) is 37.3 Å². The van der Waals surface area contributed by atoms with Gasteiger partial charge in [-0.3, -0.25) is 10.1 Å². The lowest BCUT2D eigenvalue weighted by Crippen LogP contribution is -2.49. The van der Waals surface area contributed by atoms with Crippen molar-refractivity contribution in [2.24, 2.45) is 11.8 Å². The zero-order chi connectivity index (χ0) is 20.2. The molecule has 0 saturated carbocycles. The van der Waals surface area contributed by atoms with Crippen molar-refractivity contribution in [3.05, 3.63) is 35.7 Å². The number of rotatable bonds is 3. The van der Waals surface area contributed by atoms with Crippen LogP contribution in [-0.4, -0.2) is 52.9 Å². The molecule has 1 aromatic heterocycles. The van der Waals surface area contributed by atoms with E-state index in [1.807, 2.05) is 40.6 Å². The summed E-state index contributed by atoms with van der Waals surface area (Å²) in [4.78, 5) is 34.0. The fourth-order valence-corrected chi connectivity index (χ4v) is 4.80. The zero-order valence-corrected chi connectivity index (χ0v) is 17.7. The van der Waals surface area contributed by atoms with Gasteiger partial charge in [-0.2, -0.15) is 0 Å². The van der Waals surface area contributed by atoms with Crippen molar-refractivity contribution in [3.63, 3.8) is 0 Å². The molecule has 2 aromatic rings. The number of anilines is 1. The van der Waals surface area contributed by atoms with Crippen LogP contribution in [0, 0.1) is 11.8 Å². The molecule has 0 radical (unpaired) electrons. The summed E-state index contributed by atoms with van der Waals surface area (Å²) < 4.78 is 0. The van der Waals surface area contributed by atoms with Crippen molar-refractivity contribution < 1.29 is 9.59 Å². The Balaban J connectivity index is 1.34. The summed E-state index contributed by atoms with van der Waals surface area (Å²) in [5, 5.41) is 5.46. The smallest absolute Gasteiger partial charge is 0.323 e. The highest BCUT2D eigenvalue weighted by Gasteiger charge is 2.32. The first-order valence-corrected chi connectivity index (χ1v) is 11.3. The van der Waals surface area contributed by atoms with Gasteiger partial charge in [-0.05, 0) is 31.6 Å². The maximum absolute atomic E-state index is 12.9. The van der Waals surface area contributed by atoms with Crippen molar-refractivity contribution in [1.29, 1.82) is 0 Å². The molecule has 2 fully saturated rings. The monoisotopic (exact) mass is 412 g/mol. The van der Waals surface area contributed by atoms with Gasteiger partial charge < -0.3 is 9.80 Å². The first-order chi connectivity index (χ1) is 14.1. The average Bonchev–Trinajstić information content (AvgIpc) is 3.23. The Morgan fingerprint density at radius 1 is 1.07 bits per heavy atom. The van der Waals surface area contributed by atoms with Crippen LogP contribution in [0.25, 0.3) is 11.3 Å². The van der Waals surface area contributed by atoms with Crippen molar-refractivity contribution in [3.8, 4) is 11.3 Å². The number of benzene rings is 1. The number of carbonyl (C=O) groups is 2. The fourth-order valence-electron chi connectivity index (χ4n) is 4.09. The predicted octanol–water partition coefficient (Wildman–Crippen LogP) is 4.31. The lowest BCUT2D eigenvalue weighted by molar-refractivity contribution is -0.138. The molecule has 0 aliphatic carbocycles. The first-order valence-electron chi connectivity index (χ1n) is 10.5. The second-order valence-corrected chi connectivity index (χ2v) is 8.99. The number of thiazole rings is 1. The number of amides is 3. The van der Waals surface area contributed by atoms with Gasteiger partial charge in [0.05, 0.1) is 11.6 Å². The number of aromatic nitrogens is 1. The molecule has 2 saturated heterocycles. The van der Waals surface area contributed by atoms with Crippen molar-refractivity contribution in [1.82, 2.24) is 14.8 Å². The highest BCUT2D eigenvalue weighted by molar-refractivity contribution is 7.14. The van der Waals surface area contributed by atoms with Gasteiger partial charge in [0.25, 0.3) is 0 Å². The second kappa shape index (κ2) is 8.95. The summed E-state index contributed by atoms with van der Waals surface area (Å²) in [6, 6.07) is 9.76. The first kappa shape index (κ1) is 19.9. The van der Waals surface area contributed by atoms with Gasteiger partial charge >= 0.3 is 6.03 Å². The van der Waals surface area contributed by atoms with Gasteiger partial charge in [-0.15, -0.1) is 11.3 Å². The molecular formula is C22H28N4O2S. The molecule has 7 heteroatoms. The third-order valence-corrected chi connectivity index (χ3v) is 6.70. The van der Waals surface area contributed by atoms with E-state index >= 15 is 0 Å². The number of urea groups is 1. The van der Waals surface area contributed by atoms with Crippen LogP contribution < -0.4 is 5.32 Å². The molecule has 2 aliphatic rings. The molecular weight excluding hydrogens is 384 g/mol. The summed E-state index contributed by atoms with van der Waals surface area (Å²) in [5.74, 6) is 0.834. The van der Waals surface area contributed by atoms with Crippen LogP contribution in [-0.2, 0) is 4.79 Å². The van der Waals surface area contributed by atoms with E-state index in [1.165, 1.54) is 11.3 Å². The van der Waals surface area contributed by atoms with Crippen molar-refractivity contribution in [2.45, 2.75) is 32.6 Å². The molecule has 3 heterocycles. The average molecular weight is 413 g/mol. The van der Waals surface area contributed by atoms with Crippen molar-refractivity contribution in [2.75, 3.05) is 31.5 Å². The number of likely N-dealkylation sites (tertiary alicyclic amines) is 2. The SMILES string of the molecule is CC1CCN(C(=O)C2CCCN(C(=O)Nc3nc(-c4ccccc4)cs3)C2)CC1. The number of carbonyl (C=O) groups excluding carboxylic acids is 2. The van der Waals surface area contributed by atoms with Crippen LogP contribution in [0.2, 0.25) is 0 Å². The van der Waals surface area contributed by atoms with E-state index in [1.54, 1.807) is 4.90 Å². The maximum Gasteiger partial charge on any atom is 0.323 e. The van der Waals surface area contributed by atoms with E-state index in [0.717, 1.165) is 50.0 Å². The summed E-state index contributed by atoms with van der Waals surface area (Å²) in [6.07, 6.45) is 3.89. The van der Waals surface area contributed by atoms with Gasteiger partial charge in [0, 0.05) is 37.1 Å². The summed E-state index contributed by atoms with van der Waals surface area (Å²) >= 11 is 1.42. The lowest BCUT2D eigenvalue weighted by Gasteiger charge is -2.37. The molecule has 2 aliphatic heterocycles. The Hall–Kier alpha value is -2.41. The molecule has 29 heavy (non-hydrogen) atoms. The molecule has 0 spiro atoms. The summed E-state index contributed by atoms with van der Waals surface area (Å²) in [6.45, 7) is 5.13. The summed E-state index contributed by atoms with van der Waals surface area (Å²) in [5.41, 5.74) is 1.89. The molecule has 1 atom stereocenters. The van der Waals surface area contributed by atoms with E-state index in [-0.39, 0.29) is 17.9 Å². The topological polar surface area (TPSA) is 65.5 Å². The predicted molar refractivity (Wildman–Crippen MR) is 116 cm³/mol. The van der Waals surface area contributed by atoms with Crippen LogP contribution >= 0.6 is 11.3 Å². The number of hydrogen-bond acceptors (Lipinski definition) is 4. The Morgan fingerprint density at radius 2 is 1.83 bits per heavy atom. The number of nitrogens with one attached hydrogen (secondary N) is 1. The zero-order valence-electron chi connectivity index (χ0n) is 16.8. The standard InChI is InChI=1S/C22H28N4O2S/c1-16-9-12-25(13-10-16)20(27)18-8-5-11-26(14-18)22(28)24-21-23-19(15-29-21)17-6-3-2-4-7-17/h2-4,6-7,15-16,18H,5,8-14H2,1H3,(H,23,24,28). The molecule has 154 valence electrons. The molecule has 1 N–H and O–H groups in total. The van der Waals surface area contributed by atoms with Crippen LogP contribution in [0.15, 0.2) is 35.7 Å². The minimum Gasteiger partial charge on any atom is -0.342 e. The van der Waals surface area contributed by atoms with Crippen LogP contribution in [0.4, 0.5) is 9.93 Å². The number of hydrogen-bond donors (Lipinski definition) is 1. The second-order valence-electron chi connectivity index (χ2n) is 8.13. The Bertz CT molecular complexity index is 846. The van der Waals surface area contributed by atoms with Crippen LogP contribution in [0.3, 0.4) is 0 Å². The summed E-state index contributed by atoms with van der Waals surface area (Å²) in [7, 11) is 0. The largest absolute Gasteiger partial charge is 0.342 e. The van der Waals surface area contributed by atoms with E-state index in [4.69, 9.17) is 0 Å². The van der Waals surface area contributed by atoms with Crippen LogP contribution in [0.1, 0.15) is 32.6 Å². The molecule has 1 aromatic carbocycles. The fraction of sp³-hybridized carbons (Fsp3) is 0.500. The van der Waals surface area contributed by atoms with Gasteiger partial charge in [-0.25, -0.2) is 9.78 Å². The molecule has 1 unspecified atom stereocenters. The van der Waals surface area contributed by atoms with E-state index < -0.39 is 0 Å². The third kappa shape index (κ3) is 4.78. The van der Waals surface area contributed by atoms with Gasteiger partial charge in [0.15, 0.2) is 5.13 Å². The number of piperidine rings is 2. The Labute approximate surface area is 175 Å². The van der Waals surface area contributed by atoms with Gasteiger partial charge in [0.2, 0.25) is 5.91 Å². The van der Waals surface area contributed by atoms with E-state index in [2.05, 4.69) is 17.2 Å². The van der Waals surface area contributed by atoms with Crippen molar-refractivity contribution >= 4 is 28.4 Å². The lowest BCUT2D eigenvalue weighted by atomic mass is 9.94.